The topological polar surface area (TPSA) is 93.1 Å². The molecule has 0 bridgehead atoms. The predicted octanol–water partition coefficient (Wildman–Crippen LogP) is 4.54. The first-order chi connectivity index (χ1) is 15.3. The van der Waals surface area contributed by atoms with E-state index in [9.17, 15) is 9.18 Å². The molecule has 32 heavy (non-hydrogen) atoms. The van der Waals surface area contributed by atoms with Gasteiger partial charge >= 0.3 is 6.09 Å². The lowest BCUT2D eigenvalue weighted by Gasteiger charge is -2.23. The first kappa shape index (κ1) is 21.6. The maximum atomic E-state index is 13.5. The van der Waals surface area contributed by atoms with Gasteiger partial charge in [-0.2, -0.15) is 4.98 Å². The number of anilines is 2. The number of nitrogens with one attached hydrogen (secondary N) is 1. The fraction of sp³-hybridized carbons (Fsp3) is 0.348. The van der Waals surface area contributed by atoms with Crippen LogP contribution in [-0.2, 0) is 4.74 Å². The summed E-state index contributed by atoms with van der Waals surface area (Å²) in [5.74, 6) is 1.39. The number of amides is 1. The molecule has 166 valence electrons. The third-order valence-electron chi connectivity index (χ3n) is 5.46. The van der Waals surface area contributed by atoms with Crippen molar-refractivity contribution in [2.24, 2.45) is 5.92 Å². The van der Waals surface area contributed by atoms with Crippen molar-refractivity contribution in [3.8, 4) is 11.1 Å². The minimum absolute atomic E-state index is 0.0753. The molecule has 3 heterocycles. The number of aromatic nitrogens is 4. The minimum atomic E-state index is -0.406. The summed E-state index contributed by atoms with van der Waals surface area (Å²) in [6.07, 6.45) is 4.60. The number of benzene rings is 1. The molecule has 4 rings (SSSR count). The van der Waals surface area contributed by atoms with Crippen LogP contribution in [0.25, 0.3) is 11.1 Å². The maximum Gasteiger partial charge on any atom is 0.415 e. The highest BCUT2D eigenvalue weighted by Crippen LogP contribution is 2.27. The standard InChI is InChI=1S/C23H25FN6O2/c1-13(2)19-12-32-23(31)30(19)20-7-8-25-22(29-20)28-15(4)21-26-10-17(11-27-21)16-5-6-18(24)14(3)9-16/h5-11,13,15,19H,12H2,1-4H3,(H,25,28,29). The second-order valence-corrected chi connectivity index (χ2v) is 8.16. The molecule has 1 fully saturated rings. The molecule has 1 aromatic carbocycles. The van der Waals surface area contributed by atoms with Gasteiger partial charge in [0.1, 0.15) is 24.1 Å². The number of carbonyl (C=O) groups is 1. The zero-order chi connectivity index (χ0) is 22.8. The monoisotopic (exact) mass is 436 g/mol. The van der Waals surface area contributed by atoms with Crippen molar-refractivity contribution < 1.29 is 13.9 Å². The zero-order valence-corrected chi connectivity index (χ0v) is 18.4. The van der Waals surface area contributed by atoms with Crippen LogP contribution in [0.15, 0.2) is 42.9 Å². The van der Waals surface area contributed by atoms with Crippen LogP contribution in [0, 0.1) is 18.7 Å². The number of ether oxygens (including phenoxy) is 1. The molecule has 1 aliphatic heterocycles. The van der Waals surface area contributed by atoms with Gasteiger partial charge in [0.05, 0.1) is 12.1 Å². The number of cyclic esters (lactones) is 1. The van der Waals surface area contributed by atoms with Crippen LogP contribution in [0.5, 0.6) is 0 Å². The van der Waals surface area contributed by atoms with E-state index in [1.54, 1.807) is 48.6 Å². The summed E-state index contributed by atoms with van der Waals surface area (Å²) in [5.41, 5.74) is 2.22. The third kappa shape index (κ3) is 4.37. The van der Waals surface area contributed by atoms with Gasteiger partial charge in [-0.15, -0.1) is 0 Å². The second-order valence-electron chi connectivity index (χ2n) is 8.16. The van der Waals surface area contributed by atoms with Crippen molar-refractivity contribution in [3.63, 3.8) is 0 Å². The summed E-state index contributed by atoms with van der Waals surface area (Å²) in [7, 11) is 0. The predicted molar refractivity (Wildman–Crippen MR) is 119 cm³/mol. The molecule has 1 saturated heterocycles. The van der Waals surface area contributed by atoms with E-state index in [1.165, 1.54) is 6.07 Å². The van der Waals surface area contributed by atoms with E-state index < -0.39 is 6.09 Å². The van der Waals surface area contributed by atoms with Crippen molar-refractivity contribution >= 4 is 17.9 Å². The highest BCUT2D eigenvalue weighted by atomic mass is 19.1. The molecule has 2 unspecified atom stereocenters. The lowest BCUT2D eigenvalue weighted by Crippen LogP contribution is -2.37. The molecule has 1 aliphatic rings. The Morgan fingerprint density at radius 1 is 1.12 bits per heavy atom. The van der Waals surface area contributed by atoms with Gasteiger partial charge in [0.25, 0.3) is 0 Å². The molecular formula is C23H25FN6O2. The average Bonchev–Trinajstić information content (AvgIpc) is 3.18. The van der Waals surface area contributed by atoms with Gasteiger partial charge in [-0.3, -0.25) is 4.90 Å². The Hall–Kier alpha value is -3.62. The minimum Gasteiger partial charge on any atom is -0.447 e. The molecule has 1 N–H and O–H groups in total. The molecule has 0 saturated carbocycles. The second kappa shape index (κ2) is 8.86. The summed E-state index contributed by atoms with van der Waals surface area (Å²) in [6.45, 7) is 8.04. The molecule has 9 heteroatoms. The average molecular weight is 436 g/mol. The van der Waals surface area contributed by atoms with Gasteiger partial charge in [0.2, 0.25) is 5.95 Å². The van der Waals surface area contributed by atoms with Gasteiger partial charge in [0, 0.05) is 24.2 Å². The lowest BCUT2D eigenvalue weighted by atomic mass is 10.0. The Kier molecular flexibility index (Phi) is 5.98. The van der Waals surface area contributed by atoms with Crippen molar-refractivity contribution in [1.82, 2.24) is 19.9 Å². The quantitative estimate of drug-likeness (QED) is 0.606. The fourth-order valence-corrected chi connectivity index (χ4v) is 3.54. The van der Waals surface area contributed by atoms with E-state index >= 15 is 0 Å². The molecule has 3 aromatic rings. The van der Waals surface area contributed by atoms with Crippen molar-refractivity contribution in [1.29, 1.82) is 0 Å². The Bertz CT molecular complexity index is 1120. The largest absolute Gasteiger partial charge is 0.447 e. The third-order valence-corrected chi connectivity index (χ3v) is 5.46. The van der Waals surface area contributed by atoms with Gasteiger partial charge in [-0.1, -0.05) is 19.9 Å². The first-order valence-electron chi connectivity index (χ1n) is 10.5. The molecule has 1 amide bonds. The Labute approximate surface area is 185 Å². The summed E-state index contributed by atoms with van der Waals surface area (Å²) < 4.78 is 18.7. The van der Waals surface area contributed by atoms with E-state index in [0.717, 1.165) is 11.1 Å². The smallest absolute Gasteiger partial charge is 0.415 e. The first-order valence-corrected chi connectivity index (χ1v) is 10.5. The number of halogens is 1. The van der Waals surface area contributed by atoms with E-state index in [1.807, 2.05) is 20.8 Å². The normalized spacial score (nSPS) is 16.9. The number of aryl methyl sites for hydroxylation is 1. The van der Waals surface area contributed by atoms with Crippen LogP contribution in [0.2, 0.25) is 0 Å². The maximum absolute atomic E-state index is 13.5. The summed E-state index contributed by atoms with van der Waals surface area (Å²) in [6, 6.07) is 6.24. The Morgan fingerprint density at radius 3 is 2.56 bits per heavy atom. The molecule has 2 atom stereocenters. The van der Waals surface area contributed by atoms with Gasteiger partial charge < -0.3 is 10.1 Å². The summed E-state index contributed by atoms with van der Waals surface area (Å²) in [4.78, 5) is 31.4. The molecule has 2 aromatic heterocycles. The van der Waals surface area contributed by atoms with Crippen LogP contribution in [0.1, 0.15) is 38.2 Å². The molecular weight excluding hydrogens is 411 g/mol. The van der Waals surface area contributed by atoms with Gasteiger partial charge in [-0.25, -0.2) is 24.1 Å². The van der Waals surface area contributed by atoms with Gasteiger partial charge in [-0.05, 0) is 49.1 Å². The summed E-state index contributed by atoms with van der Waals surface area (Å²) >= 11 is 0. The van der Waals surface area contributed by atoms with Crippen LogP contribution in [0.4, 0.5) is 21.0 Å². The number of carbonyl (C=O) groups excluding carboxylic acids is 1. The van der Waals surface area contributed by atoms with Crippen LogP contribution < -0.4 is 10.2 Å². The Morgan fingerprint density at radius 2 is 1.88 bits per heavy atom. The number of hydrogen-bond acceptors (Lipinski definition) is 7. The Balaban J connectivity index is 1.49. The fourth-order valence-electron chi connectivity index (χ4n) is 3.54. The molecule has 0 aliphatic carbocycles. The molecule has 8 nitrogen and oxygen atoms in total. The van der Waals surface area contributed by atoms with Crippen molar-refractivity contribution in [2.45, 2.75) is 39.8 Å². The summed E-state index contributed by atoms with van der Waals surface area (Å²) in [5, 5.41) is 3.18. The number of rotatable bonds is 6. The van der Waals surface area contributed by atoms with E-state index in [4.69, 9.17) is 4.74 Å². The molecule has 0 radical (unpaired) electrons. The zero-order valence-electron chi connectivity index (χ0n) is 18.4. The van der Waals surface area contributed by atoms with E-state index in [-0.39, 0.29) is 23.8 Å². The number of hydrogen-bond donors (Lipinski definition) is 1. The van der Waals surface area contributed by atoms with Crippen LogP contribution in [-0.4, -0.2) is 38.7 Å². The highest BCUT2D eigenvalue weighted by molar-refractivity contribution is 5.89. The van der Waals surface area contributed by atoms with Gasteiger partial charge in [0.15, 0.2) is 0 Å². The van der Waals surface area contributed by atoms with E-state index in [0.29, 0.717) is 29.8 Å². The molecule has 0 spiro atoms. The van der Waals surface area contributed by atoms with Crippen LogP contribution >= 0.6 is 0 Å². The number of nitrogens with zero attached hydrogens (tertiary/aromatic N) is 5. The SMILES string of the molecule is Cc1cc(-c2cnc(C(C)Nc3nccc(N4C(=O)OCC4C(C)C)n3)nc2)ccc1F. The van der Waals surface area contributed by atoms with Crippen LogP contribution in [0.3, 0.4) is 0 Å². The lowest BCUT2D eigenvalue weighted by molar-refractivity contribution is 0.177. The van der Waals surface area contributed by atoms with E-state index in [2.05, 4.69) is 25.3 Å². The highest BCUT2D eigenvalue weighted by Gasteiger charge is 2.37. The van der Waals surface area contributed by atoms with Crippen molar-refractivity contribution in [2.75, 3.05) is 16.8 Å². The van der Waals surface area contributed by atoms with Crippen molar-refractivity contribution in [3.05, 3.63) is 60.1 Å².